The van der Waals surface area contributed by atoms with Gasteiger partial charge < -0.3 is 25.7 Å². The lowest BCUT2D eigenvalue weighted by Gasteiger charge is -2.33. The van der Waals surface area contributed by atoms with Gasteiger partial charge in [-0.25, -0.2) is 18.7 Å². The van der Waals surface area contributed by atoms with Crippen LogP contribution in [0, 0.1) is 11.8 Å². The predicted octanol–water partition coefficient (Wildman–Crippen LogP) is 7.41. The molecule has 2 aromatic carbocycles. The smallest absolute Gasteiger partial charge is 0.306 e. The number of benzene rings is 2. The number of aromatic nitrogens is 4. The molecular formula is C39H48F2N6O3. The number of aliphatic carboxylic acids is 1. The van der Waals surface area contributed by atoms with E-state index >= 15 is 8.78 Å². The Morgan fingerprint density at radius 3 is 1.54 bits per heavy atom. The van der Waals surface area contributed by atoms with E-state index in [1.165, 1.54) is 29.3 Å². The van der Waals surface area contributed by atoms with Crippen LogP contribution in [0.5, 0.6) is 0 Å². The van der Waals surface area contributed by atoms with Crippen molar-refractivity contribution in [3.05, 3.63) is 84.7 Å². The van der Waals surface area contributed by atoms with Crippen molar-refractivity contribution in [2.75, 3.05) is 7.05 Å². The van der Waals surface area contributed by atoms with Crippen LogP contribution in [0.25, 0.3) is 22.5 Å². The third kappa shape index (κ3) is 7.10. The van der Waals surface area contributed by atoms with E-state index < -0.39 is 17.3 Å². The summed E-state index contributed by atoms with van der Waals surface area (Å²) in [5.74, 6) is -1.60. The van der Waals surface area contributed by atoms with Crippen LogP contribution in [0.3, 0.4) is 0 Å². The number of amides is 1. The predicted molar refractivity (Wildman–Crippen MR) is 189 cm³/mol. The number of carbonyl (C=O) groups is 2. The number of fused-ring (bicyclic) bond motifs is 6. The van der Waals surface area contributed by atoms with Gasteiger partial charge in [-0.15, -0.1) is 0 Å². The van der Waals surface area contributed by atoms with Crippen LogP contribution in [0.1, 0.15) is 100 Å². The Morgan fingerprint density at radius 2 is 1.14 bits per heavy atom. The van der Waals surface area contributed by atoms with Gasteiger partial charge >= 0.3 is 5.97 Å². The van der Waals surface area contributed by atoms with Crippen LogP contribution < -0.4 is 11.5 Å². The molecule has 2 aromatic heterocycles. The Balaban J connectivity index is 0.000000165. The van der Waals surface area contributed by atoms with Crippen molar-refractivity contribution in [2.45, 2.75) is 100 Å². The highest BCUT2D eigenvalue weighted by atomic mass is 19.1. The number of carboxylic acid groups (broad SMARTS) is 1. The number of rotatable bonds is 8. The zero-order chi connectivity index (χ0) is 35.5. The topological polar surface area (TPSA) is 142 Å². The Bertz CT molecular complexity index is 1660. The minimum Gasteiger partial charge on any atom is -0.481 e. The zero-order valence-corrected chi connectivity index (χ0v) is 28.7. The Hall–Kier alpha value is -4.38. The standard InChI is InChI=1S/C19H22FN3O.C19H21FN2O2.CH5N/c20-19(8-5-13(6-9-19)18(21)24)10-7-16-14-3-1-2-4-15(14)17-11-22-12-23(16)17;20-19(8-5-13(6-9-19)18(23)24)10-7-16-14-3-1-2-4-15(14)17-11-21-12-22(16)17;1-2/h1-4,11-13,16H,5-10H2,(H2,21,24);1-4,11-13,16H,5-10H2,(H,23,24);2H2,1H3. The molecule has 266 valence electrons. The summed E-state index contributed by atoms with van der Waals surface area (Å²) in [6.45, 7) is 0. The van der Waals surface area contributed by atoms with Gasteiger partial charge in [-0.1, -0.05) is 48.5 Å². The quantitative estimate of drug-likeness (QED) is 0.176. The normalized spacial score (nSPS) is 27.4. The van der Waals surface area contributed by atoms with E-state index in [1.807, 2.05) is 49.3 Å². The molecule has 4 heterocycles. The van der Waals surface area contributed by atoms with Gasteiger partial charge in [0.1, 0.15) is 11.3 Å². The first-order valence-corrected chi connectivity index (χ1v) is 17.8. The van der Waals surface area contributed by atoms with Crippen LogP contribution >= 0.6 is 0 Å². The van der Waals surface area contributed by atoms with Crippen LogP contribution in [-0.4, -0.2) is 54.5 Å². The first-order valence-electron chi connectivity index (χ1n) is 17.8. The second kappa shape index (κ2) is 14.8. The number of alkyl halides is 2. The number of hydrogen-bond donors (Lipinski definition) is 3. The van der Waals surface area contributed by atoms with Crippen molar-refractivity contribution in [1.29, 1.82) is 0 Å². The highest BCUT2D eigenvalue weighted by Gasteiger charge is 2.40. The number of carboxylic acids is 1. The molecule has 2 fully saturated rings. The number of nitrogens with zero attached hydrogens (tertiary/aromatic N) is 4. The van der Waals surface area contributed by atoms with Crippen LogP contribution in [0.2, 0.25) is 0 Å². The maximum Gasteiger partial charge on any atom is 0.306 e. The maximum absolute atomic E-state index is 15.2. The fourth-order valence-electron chi connectivity index (χ4n) is 8.55. The van der Waals surface area contributed by atoms with E-state index in [4.69, 9.17) is 10.8 Å². The molecular weight excluding hydrogens is 638 g/mol. The largest absolute Gasteiger partial charge is 0.481 e. The van der Waals surface area contributed by atoms with Gasteiger partial charge in [0.15, 0.2) is 0 Å². The highest BCUT2D eigenvalue weighted by molar-refractivity contribution is 5.76. The van der Waals surface area contributed by atoms with Gasteiger partial charge in [-0.05, 0) is 95.2 Å². The fraction of sp³-hybridized carbons (Fsp3) is 0.487. The molecule has 0 bridgehead atoms. The molecule has 0 spiro atoms. The minimum absolute atomic E-state index is 0.128. The van der Waals surface area contributed by atoms with Crippen molar-refractivity contribution in [2.24, 2.45) is 23.3 Å². The van der Waals surface area contributed by atoms with E-state index in [0.717, 1.165) is 17.8 Å². The molecule has 11 heteroatoms. The van der Waals surface area contributed by atoms with Crippen molar-refractivity contribution in [3.8, 4) is 22.5 Å². The zero-order valence-electron chi connectivity index (χ0n) is 28.7. The summed E-state index contributed by atoms with van der Waals surface area (Å²) < 4.78 is 34.6. The lowest BCUT2D eigenvalue weighted by Crippen LogP contribution is -2.35. The molecule has 4 aliphatic rings. The molecule has 0 radical (unpaired) electrons. The number of hydrogen-bond acceptors (Lipinski definition) is 5. The maximum atomic E-state index is 15.2. The minimum atomic E-state index is -1.23. The van der Waals surface area contributed by atoms with Crippen molar-refractivity contribution in [3.63, 3.8) is 0 Å². The summed E-state index contributed by atoms with van der Waals surface area (Å²) in [6.07, 6.45) is 13.5. The summed E-state index contributed by atoms with van der Waals surface area (Å²) >= 11 is 0. The molecule has 9 nitrogen and oxygen atoms in total. The Labute approximate surface area is 292 Å². The number of imidazole rings is 2. The SMILES string of the molecule is CN.NC(=O)C1CCC(F)(CCC2c3ccccc3-c3cncn32)CC1.O=C(O)C1CCC(F)(CCC2c3ccccc3-c3cncn32)CC1. The summed E-state index contributed by atoms with van der Waals surface area (Å²) in [6, 6.07) is 16.8. The van der Waals surface area contributed by atoms with E-state index in [1.54, 1.807) is 0 Å². The molecule has 2 saturated carbocycles. The molecule has 5 N–H and O–H groups in total. The van der Waals surface area contributed by atoms with Gasteiger partial charge in [0.2, 0.25) is 5.91 Å². The monoisotopic (exact) mass is 686 g/mol. The molecule has 0 saturated heterocycles. The Kier molecular flexibility index (Phi) is 10.5. The summed E-state index contributed by atoms with van der Waals surface area (Å²) in [5, 5.41) is 9.07. The molecule has 50 heavy (non-hydrogen) atoms. The molecule has 1 amide bonds. The van der Waals surface area contributed by atoms with Gasteiger partial charge in [-0.2, -0.15) is 0 Å². The van der Waals surface area contributed by atoms with E-state index in [2.05, 4.69) is 49.1 Å². The fourth-order valence-corrected chi connectivity index (χ4v) is 8.55. The van der Waals surface area contributed by atoms with Gasteiger partial charge in [0, 0.05) is 17.0 Å². The van der Waals surface area contributed by atoms with Crippen LogP contribution in [0.15, 0.2) is 73.6 Å². The lowest BCUT2D eigenvalue weighted by atomic mass is 9.77. The highest BCUT2D eigenvalue weighted by Crippen LogP contribution is 2.46. The average Bonchev–Trinajstić information content (AvgIpc) is 3.91. The van der Waals surface area contributed by atoms with Gasteiger partial charge in [0.25, 0.3) is 0 Å². The molecule has 2 aliphatic carbocycles. The Morgan fingerprint density at radius 1 is 0.740 bits per heavy atom. The summed E-state index contributed by atoms with van der Waals surface area (Å²) in [7, 11) is 1.50. The van der Waals surface area contributed by atoms with Gasteiger partial charge in [0.05, 0.1) is 54.4 Å². The first-order chi connectivity index (χ1) is 24.1. The summed E-state index contributed by atoms with van der Waals surface area (Å²) in [5.41, 5.74) is 14.5. The van der Waals surface area contributed by atoms with E-state index in [9.17, 15) is 9.59 Å². The van der Waals surface area contributed by atoms with E-state index in [0.29, 0.717) is 70.6 Å². The summed E-state index contributed by atoms with van der Waals surface area (Å²) in [4.78, 5) is 30.8. The first kappa shape index (κ1) is 35.4. The van der Waals surface area contributed by atoms with E-state index in [-0.39, 0.29) is 29.8 Å². The third-order valence-electron chi connectivity index (χ3n) is 11.4. The van der Waals surface area contributed by atoms with Crippen molar-refractivity contribution < 1.29 is 23.5 Å². The third-order valence-corrected chi connectivity index (χ3v) is 11.4. The number of halogens is 2. The van der Waals surface area contributed by atoms with Gasteiger partial charge in [-0.3, -0.25) is 9.59 Å². The van der Waals surface area contributed by atoms with Crippen LogP contribution in [0.4, 0.5) is 8.78 Å². The number of nitrogens with two attached hydrogens (primary N) is 2. The number of primary amides is 1. The average molecular weight is 687 g/mol. The molecule has 8 rings (SSSR count). The van der Waals surface area contributed by atoms with Crippen molar-refractivity contribution in [1.82, 2.24) is 19.1 Å². The number of carbonyl (C=O) groups excluding carboxylic acids is 1. The molecule has 2 atom stereocenters. The second-order valence-electron chi connectivity index (χ2n) is 14.2. The molecule has 4 aromatic rings. The lowest BCUT2D eigenvalue weighted by molar-refractivity contribution is -0.143. The van der Waals surface area contributed by atoms with Crippen molar-refractivity contribution >= 4 is 11.9 Å². The molecule has 2 unspecified atom stereocenters. The second-order valence-corrected chi connectivity index (χ2v) is 14.2. The van der Waals surface area contributed by atoms with Crippen LogP contribution in [-0.2, 0) is 9.59 Å². The molecule has 2 aliphatic heterocycles.